The van der Waals surface area contributed by atoms with Crippen LogP contribution < -0.4 is 0 Å². The molecule has 1 atom stereocenters. The van der Waals surface area contributed by atoms with Gasteiger partial charge in [0, 0.05) is 14.5 Å². The third-order valence-corrected chi connectivity index (χ3v) is 4.35. The van der Waals surface area contributed by atoms with Gasteiger partial charge >= 0.3 is 0 Å². The maximum absolute atomic E-state index is 13.7. The second kappa shape index (κ2) is 5.80. The molecule has 18 heavy (non-hydrogen) atoms. The van der Waals surface area contributed by atoms with Crippen LogP contribution in [0.5, 0.6) is 0 Å². The fourth-order valence-corrected chi connectivity index (χ4v) is 3.55. The van der Waals surface area contributed by atoms with Gasteiger partial charge in [-0.25, -0.2) is 8.78 Å². The van der Waals surface area contributed by atoms with Crippen molar-refractivity contribution in [3.8, 4) is 0 Å². The van der Waals surface area contributed by atoms with Crippen LogP contribution in [0.25, 0.3) is 0 Å². The van der Waals surface area contributed by atoms with Crippen LogP contribution in [0, 0.1) is 11.6 Å². The summed E-state index contributed by atoms with van der Waals surface area (Å²) in [6, 6.07) is 9.03. The van der Waals surface area contributed by atoms with Crippen molar-refractivity contribution in [1.82, 2.24) is 0 Å². The van der Waals surface area contributed by atoms with Gasteiger partial charge in [-0.1, -0.05) is 47.8 Å². The number of benzene rings is 2. The van der Waals surface area contributed by atoms with Gasteiger partial charge in [0.2, 0.25) is 0 Å². The Bertz CT molecular complexity index is 564. The molecule has 0 heterocycles. The Hall–Kier alpha value is -0.260. The molecule has 0 fully saturated rings. The van der Waals surface area contributed by atoms with Crippen molar-refractivity contribution in [2.24, 2.45) is 0 Å². The van der Waals surface area contributed by atoms with Gasteiger partial charge in [-0.3, -0.25) is 0 Å². The highest BCUT2D eigenvalue weighted by Crippen LogP contribution is 2.35. The van der Waals surface area contributed by atoms with Crippen LogP contribution in [0.15, 0.2) is 45.3 Å². The van der Waals surface area contributed by atoms with Gasteiger partial charge in [-0.15, -0.1) is 0 Å². The lowest BCUT2D eigenvalue weighted by Crippen LogP contribution is -1.98. The predicted molar refractivity (Wildman–Crippen MR) is 79.0 cm³/mol. The minimum atomic E-state index is -0.454. The summed E-state index contributed by atoms with van der Waals surface area (Å²) in [4.78, 5) is -0.401. The topological polar surface area (TPSA) is 0 Å². The molecule has 0 aliphatic carbocycles. The Kier molecular flexibility index (Phi) is 4.56. The van der Waals surface area contributed by atoms with Crippen molar-refractivity contribution in [1.29, 1.82) is 0 Å². The molecule has 0 radical (unpaired) electrons. The Morgan fingerprint density at radius 1 is 0.889 bits per heavy atom. The van der Waals surface area contributed by atoms with Crippen LogP contribution in [0.1, 0.15) is 16.0 Å². The quantitative estimate of drug-likeness (QED) is 0.504. The number of rotatable bonds is 2. The van der Waals surface area contributed by atoms with E-state index in [0.29, 0.717) is 0 Å². The number of hydrogen-bond donors (Lipinski definition) is 0. The fourth-order valence-electron chi connectivity index (χ4n) is 1.61. The molecular formula is C13H7Br3F2. The lowest BCUT2D eigenvalue weighted by Gasteiger charge is -2.13. The fraction of sp³-hybridized carbons (Fsp3) is 0.0769. The maximum Gasteiger partial charge on any atom is 0.128 e. The SMILES string of the molecule is Fc1ccc(F)c(C(Br)c2cc(Br)cc(Br)c2)c1. The molecule has 0 N–H and O–H groups in total. The minimum Gasteiger partial charge on any atom is -0.207 e. The zero-order valence-electron chi connectivity index (χ0n) is 8.93. The molecule has 0 nitrogen and oxygen atoms in total. The number of alkyl halides is 1. The van der Waals surface area contributed by atoms with Gasteiger partial charge in [0.1, 0.15) is 11.6 Å². The highest BCUT2D eigenvalue weighted by atomic mass is 79.9. The molecule has 2 aromatic carbocycles. The third-order valence-electron chi connectivity index (χ3n) is 2.41. The second-order valence-electron chi connectivity index (χ2n) is 3.73. The third kappa shape index (κ3) is 3.19. The van der Waals surface area contributed by atoms with Crippen molar-refractivity contribution < 1.29 is 8.78 Å². The van der Waals surface area contributed by atoms with Crippen molar-refractivity contribution in [3.05, 3.63) is 68.1 Å². The molecule has 0 aromatic heterocycles. The zero-order valence-corrected chi connectivity index (χ0v) is 13.7. The highest BCUT2D eigenvalue weighted by Gasteiger charge is 2.16. The molecular weight excluding hydrogens is 434 g/mol. The van der Waals surface area contributed by atoms with E-state index in [9.17, 15) is 8.78 Å². The zero-order chi connectivity index (χ0) is 13.3. The Morgan fingerprint density at radius 2 is 1.50 bits per heavy atom. The van der Waals surface area contributed by atoms with Crippen LogP contribution in [0.3, 0.4) is 0 Å². The standard InChI is InChI=1S/C13H7Br3F2/c14-8-3-7(4-9(15)5-8)13(16)11-6-10(17)1-2-12(11)18/h1-6,13H. The lowest BCUT2D eigenvalue weighted by molar-refractivity contribution is 0.588. The van der Waals surface area contributed by atoms with Crippen molar-refractivity contribution in [2.45, 2.75) is 4.83 Å². The van der Waals surface area contributed by atoms with Crippen molar-refractivity contribution in [3.63, 3.8) is 0 Å². The molecule has 0 aliphatic rings. The molecule has 94 valence electrons. The molecule has 0 spiro atoms. The van der Waals surface area contributed by atoms with Crippen LogP contribution in [0.4, 0.5) is 8.78 Å². The van der Waals surface area contributed by atoms with Gasteiger partial charge < -0.3 is 0 Å². The Balaban J connectivity index is 2.47. The van der Waals surface area contributed by atoms with E-state index >= 15 is 0 Å². The second-order valence-corrected chi connectivity index (χ2v) is 6.48. The monoisotopic (exact) mass is 438 g/mol. The largest absolute Gasteiger partial charge is 0.207 e. The molecule has 1 unspecified atom stereocenters. The van der Waals surface area contributed by atoms with Gasteiger partial charge in [-0.05, 0) is 42.0 Å². The first-order valence-corrected chi connectivity index (χ1v) is 7.52. The van der Waals surface area contributed by atoms with Crippen molar-refractivity contribution >= 4 is 47.8 Å². The van der Waals surface area contributed by atoms with E-state index in [1.807, 2.05) is 18.2 Å². The average Bonchev–Trinajstić information content (AvgIpc) is 2.30. The highest BCUT2D eigenvalue weighted by molar-refractivity contribution is 9.11. The van der Waals surface area contributed by atoms with E-state index < -0.39 is 16.5 Å². The lowest BCUT2D eigenvalue weighted by atomic mass is 10.0. The smallest absolute Gasteiger partial charge is 0.128 e. The molecule has 0 bridgehead atoms. The van der Waals surface area contributed by atoms with Gasteiger partial charge in [0.15, 0.2) is 0 Å². The Morgan fingerprint density at radius 3 is 2.11 bits per heavy atom. The molecule has 5 heteroatoms. The van der Waals surface area contributed by atoms with E-state index in [0.717, 1.165) is 26.6 Å². The van der Waals surface area contributed by atoms with E-state index in [-0.39, 0.29) is 5.56 Å². The average molecular weight is 441 g/mol. The summed E-state index contributed by atoms with van der Waals surface area (Å²) in [5.41, 5.74) is 1.11. The molecule has 2 rings (SSSR count). The van der Waals surface area contributed by atoms with E-state index in [1.165, 1.54) is 6.07 Å². The molecule has 0 saturated heterocycles. The van der Waals surface area contributed by atoms with Crippen LogP contribution >= 0.6 is 47.8 Å². The first kappa shape index (κ1) is 14.2. The number of hydrogen-bond acceptors (Lipinski definition) is 0. The summed E-state index contributed by atoms with van der Waals surface area (Å²) in [5.74, 6) is -0.890. The molecule has 0 aliphatic heterocycles. The van der Waals surface area contributed by atoms with Gasteiger partial charge in [0.05, 0.1) is 4.83 Å². The van der Waals surface area contributed by atoms with Crippen LogP contribution in [-0.4, -0.2) is 0 Å². The Labute approximate surface area is 129 Å². The van der Waals surface area contributed by atoms with E-state index in [2.05, 4.69) is 47.8 Å². The van der Waals surface area contributed by atoms with Crippen molar-refractivity contribution in [2.75, 3.05) is 0 Å². The summed E-state index contributed by atoms with van der Waals surface area (Å²) in [7, 11) is 0. The summed E-state index contributed by atoms with van der Waals surface area (Å²) >= 11 is 10.1. The summed E-state index contributed by atoms with van der Waals surface area (Å²) < 4.78 is 28.6. The van der Waals surface area contributed by atoms with E-state index in [1.54, 1.807) is 0 Å². The summed E-state index contributed by atoms with van der Waals surface area (Å²) in [5, 5.41) is 0. The maximum atomic E-state index is 13.7. The van der Waals surface area contributed by atoms with Crippen LogP contribution in [-0.2, 0) is 0 Å². The van der Waals surface area contributed by atoms with E-state index in [4.69, 9.17) is 0 Å². The normalized spacial score (nSPS) is 12.5. The molecule has 0 saturated carbocycles. The minimum absolute atomic E-state index is 0.278. The van der Waals surface area contributed by atoms with Crippen LogP contribution in [0.2, 0.25) is 0 Å². The van der Waals surface area contributed by atoms with Gasteiger partial charge in [0.25, 0.3) is 0 Å². The number of halogens is 5. The molecule has 0 amide bonds. The predicted octanol–water partition coefficient (Wildman–Crippen LogP) is 5.97. The first-order valence-electron chi connectivity index (χ1n) is 5.02. The van der Waals surface area contributed by atoms with Gasteiger partial charge in [-0.2, -0.15) is 0 Å². The molecule has 2 aromatic rings. The summed E-state index contributed by atoms with van der Waals surface area (Å²) in [6.45, 7) is 0. The first-order chi connectivity index (χ1) is 8.47. The summed E-state index contributed by atoms with van der Waals surface area (Å²) in [6.07, 6.45) is 0.